The molecule has 0 aliphatic carbocycles. The van der Waals surface area contributed by atoms with Crippen LogP contribution in [-0.2, 0) is 16.6 Å². The van der Waals surface area contributed by atoms with Crippen LogP contribution in [0.2, 0.25) is 0 Å². The molecule has 0 fully saturated rings. The van der Waals surface area contributed by atoms with Gasteiger partial charge in [-0.25, -0.2) is 13.1 Å². The van der Waals surface area contributed by atoms with Gasteiger partial charge in [-0.3, -0.25) is 4.79 Å². The summed E-state index contributed by atoms with van der Waals surface area (Å²) in [5, 5.41) is 7.50. The van der Waals surface area contributed by atoms with Crippen molar-refractivity contribution in [3.63, 3.8) is 0 Å². The molecule has 0 unspecified atom stereocenters. The molecule has 2 rings (SSSR count). The number of rotatable bonds is 7. The lowest BCUT2D eigenvalue weighted by molar-refractivity contribution is 0.103. The first kappa shape index (κ1) is 20.6. The van der Waals surface area contributed by atoms with E-state index < -0.39 is 10.0 Å². The predicted molar refractivity (Wildman–Crippen MR) is 99.6 cm³/mol. The van der Waals surface area contributed by atoms with Gasteiger partial charge in [0, 0.05) is 17.6 Å². The number of para-hydroxylation sites is 1. The maximum Gasteiger partial charge on any atom is 0.265 e. The second-order valence-electron chi connectivity index (χ2n) is 4.75. The Morgan fingerprint density at radius 3 is 2.62 bits per heavy atom. The van der Waals surface area contributed by atoms with E-state index in [1.807, 2.05) is 31.2 Å². The van der Waals surface area contributed by atoms with E-state index in [9.17, 15) is 13.2 Å². The first-order chi connectivity index (χ1) is 11.0. The summed E-state index contributed by atoms with van der Waals surface area (Å²) in [6.45, 7) is 3.49. The van der Waals surface area contributed by atoms with Crippen molar-refractivity contribution in [1.82, 2.24) is 10.0 Å². The molecule has 132 valence electrons. The summed E-state index contributed by atoms with van der Waals surface area (Å²) in [5.74, 6) is -0.323. The molecular weight excluding hydrogens is 370 g/mol. The predicted octanol–water partition coefficient (Wildman–Crippen LogP) is 2.44. The fourth-order valence-electron chi connectivity index (χ4n) is 1.94. The number of sulfonamides is 1. The monoisotopic (exact) mass is 389 g/mol. The van der Waals surface area contributed by atoms with Gasteiger partial charge in [0.25, 0.3) is 5.91 Å². The first-order valence-electron chi connectivity index (χ1n) is 7.10. The Hall–Kier alpha value is -1.45. The molecular formula is C15H20ClN3O3S2. The smallest absolute Gasteiger partial charge is 0.265 e. The van der Waals surface area contributed by atoms with Crippen molar-refractivity contribution >= 4 is 45.4 Å². The number of benzene rings is 1. The standard InChI is InChI=1S/C15H19N3O3S2.ClH/c1-3-17-9-11-6-4-5-7-13(11)18-15(19)14-8-12(10-22-14)23(20,21)16-2;/h4-8,10,16-17H,3,9H2,1-2H3,(H,18,19);1H. The van der Waals surface area contributed by atoms with Crippen molar-refractivity contribution in [2.75, 3.05) is 18.9 Å². The third-order valence-corrected chi connectivity index (χ3v) is 5.68. The number of hydrogen-bond donors (Lipinski definition) is 3. The molecule has 9 heteroatoms. The van der Waals surface area contributed by atoms with Crippen LogP contribution in [0, 0.1) is 0 Å². The van der Waals surface area contributed by atoms with Crippen LogP contribution in [0.1, 0.15) is 22.2 Å². The zero-order valence-electron chi connectivity index (χ0n) is 13.3. The minimum absolute atomic E-state index is 0. The molecule has 24 heavy (non-hydrogen) atoms. The zero-order chi connectivity index (χ0) is 16.9. The van der Waals surface area contributed by atoms with Crippen LogP contribution in [-0.4, -0.2) is 27.9 Å². The molecule has 1 heterocycles. The lowest BCUT2D eigenvalue weighted by atomic mass is 10.1. The Bertz CT molecular complexity index is 791. The van der Waals surface area contributed by atoms with Gasteiger partial charge in [-0.2, -0.15) is 0 Å². The van der Waals surface area contributed by atoms with E-state index in [-0.39, 0.29) is 23.2 Å². The van der Waals surface area contributed by atoms with E-state index in [1.54, 1.807) is 0 Å². The molecule has 1 aromatic heterocycles. The largest absolute Gasteiger partial charge is 0.321 e. The summed E-state index contributed by atoms with van der Waals surface area (Å²) in [7, 11) is -2.20. The van der Waals surface area contributed by atoms with Gasteiger partial charge >= 0.3 is 0 Å². The van der Waals surface area contributed by atoms with Crippen molar-refractivity contribution in [2.45, 2.75) is 18.4 Å². The molecule has 0 bridgehead atoms. The molecule has 0 atom stereocenters. The molecule has 3 N–H and O–H groups in total. The fraction of sp³-hybridized carbons (Fsp3) is 0.267. The Kier molecular flexibility index (Phi) is 7.85. The molecule has 0 saturated carbocycles. The Labute approximate surface area is 152 Å². The molecule has 0 aliphatic rings. The molecule has 0 aliphatic heterocycles. The van der Waals surface area contributed by atoms with Gasteiger partial charge < -0.3 is 10.6 Å². The maximum atomic E-state index is 12.3. The Morgan fingerprint density at radius 2 is 1.96 bits per heavy atom. The van der Waals surface area contributed by atoms with Gasteiger partial charge in [-0.15, -0.1) is 23.7 Å². The van der Waals surface area contributed by atoms with E-state index in [2.05, 4.69) is 15.4 Å². The number of nitrogens with one attached hydrogen (secondary N) is 3. The highest BCUT2D eigenvalue weighted by atomic mass is 35.5. The van der Waals surface area contributed by atoms with Crippen molar-refractivity contribution in [1.29, 1.82) is 0 Å². The van der Waals surface area contributed by atoms with E-state index in [0.29, 0.717) is 17.1 Å². The quantitative estimate of drug-likeness (QED) is 0.678. The van der Waals surface area contributed by atoms with Crippen molar-refractivity contribution in [3.05, 3.63) is 46.2 Å². The van der Waals surface area contributed by atoms with Crippen LogP contribution < -0.4 is 15.4 Å². The van der Waals surface area contributed by atoms with E-state index in [4.69, 9.17) is 0 Å². The van der Waals surface area contributed by atoms with Gasteiger partial charge in [0.15, 0.2) is 0 Å². The van der Waals surface area contributed by atoms with Crippen LogP contribution in [0.15, 0.2) is 40.6 Å². The number of halogens is 1. The summed E-state index contributed by atoms with van der Waals surface area (Å²) < 4.78 is 25.7. The topological polar surface area (TPSA) is 87.3 Å². The van der Waals surface area contributed by atoms with Crippen molar-refractivity contribution < 1.29 is 13.2 Å². The number of thiophene rings is 1. The molecule has 1 amide bonds. The third-order valence-electron chi connectivity index (χ3n) is 3.21. The highest BCUT2D eigenvalue weighted by Gasteiger charge is 2.17. The van der Waals surface area contributed by atoms with Gasteiger partial charge in [-0.1, -0.05) is 25.1 Å². The highest BCUT2D eigenvalue weighted by Crippen LogP contribution is 2.22. The average Bonchev–Trinajstić information content (AvgIpc) is 3.05. The molecule has 1 aromatic carbocycles. The van der Waals surface area contributed by atoms with Crippen LogP contribution in [0.4, 0.5) is 5.69 Å². The first-order valence-corrected chi connectivity index (χ1v) is 9.46. The lowest BCUT2D eigenvalue weighted by Gasteiger charge is -2.10. The molecule has 0 spiro atoms. The van der Waals surface area contributed by atoms with Gasteiger partial charge in [0.1, 0.15) is 0 Å². The summed E-state index contributed by atoms with van der Waals surface area (Å²) in [6.07, 6.45) is 0. The summed E-state index contributed by atoms with van der Waals surface area (Å²) in [5.41, 5.74) is 1.69. The number of carbonyl (C=O) groups excluding carboxylic acids is 1. The van der Waals surface area contributed by atoms with Gasteiger partial charge in [0.05, 0.1) is 9.77 Å². The molecule has 0 saturated heterocycles. The number of carbonyl (C=O) groups is 1. The molecule has 0 radical (unpaired) electrons. The minimum Gasteiger partial charge on any atom is -0.321 e. The number of hydrogen-bond acceptors (Lipinski definition) is 5. The Balaban J connectivity index is 0.00000288. The Morgan fingerprint density at radius 1 is 1.25 bits per heavy atom. The van der Waals surface area contributed by atoms with Crippen LogP contribution in [0.5, 0.6) is 0 Å². The SMILES string of the molecule is CCNCc1ccccc1NC(=O)c1cc(S(=O)(=O)NC)cs1.Cl. The summed E-state index contributed by atoms with van der Waals surface area (Å²) in [4.78, 5) is 12.8. The molecule has 2 aromatic rings. The van der Waals surface area contributed by atoms with E-state index in [1.165, 1.54) is 18.5 Å². The summed E-state index contributed by atoms with van der Waals surface area (Å²) in [6, 6.07) is 8.88. The second-order valence-corrected chi connectivity index (χ2v) is 7.54. The number of anilines is 1. The van der Waals surface area contributed by atoms with Crippen LogP contribution >= 0.6 is 23.7 Å². The summed E-state index contributed by atoms with van der Waals surface area (Å²) >= 11 is 1.10. The van der Waals surface area contributed by atoms with E-state index >= 15 is 0 Å². The zero-order valence-corrected chi connectivity index (χ0v) is 15.8. The highest BCUT2D eigenvalue weighted by molar-refractivity contribution is 7.89. The lowest BCUT2D eigenvalue weighted by Crippen LogP contribution is -2.18. The van der Waals surface area contributed by atoms with Crippen molar-refractivity contribution in [3.8, 4) is 0 Å². The van der Waals surface area contributed by atoms with Gasteiger partial charge in [-0.05, 0) is 31.3 Å². The van der Waals surface area contributed by atoms with E-state index in [0.717, 1.165) is 23.4 Å². The maximum absolute atomic E-state index is 12.3. The fourth-order valence-corrected chi connectivity index (χ4v) is 3.84. The van der Waals surface area contributed by atoms with Crippen LogP contribution in [0.3, 0.4) is 0 Å². The minimum atomic E-state index is -3.53. The average molecular weight is 390 g/mol. The third kappa shape index (κ3) is 5.02. The normalized spacial score (nSPS) is 10.9. The molecule has 6 nitrogen and oxygen atoms in total. The van der Waals surface area contributed by atoms with Crippen LogP contribution in [0.25, 0.3) is 0 Å². The van der Waals surface area contributed by atoms with Crippen molar-refractivity contribution in [2.24, 2.45) is 0 Å². The number of amides is 1. The van der Waals surface area contributed by atoms with Gasteiger partial charge in [0.2, 0.25) is 10.0 Å². The second kappa shape index (κ2) is 9.14.